The summed E-state index contributed by atoms with van der Waals surface area (Å²) in [5, 5.41) is 5.30. The fourth-order valence-corrected chi connectivity index (χ4v) is 3.37. The van der Waals surface area contributed by atoms with Crippen LogP contribution in [0.1, 0.15) is 31.9 Å². The maximum atomic E-state index is 12.3. The van der Waals surface area contributed by atoms with Crippen LogP contribution in [-0.4, -0.2) is 45.8 Å². The van der Waals surface area contributed by atoms with Gasteiger partial charge in [0.15, 0.2) is 0 Å². The molecule has 6 nitrogen and oxygen atoms in total. The maximum absolute atomic E-state index is 12.3. The Bertz CT molecular complexity index is 703. The van der Waals surface area contributed by atoms with Crippen molar-refractivity contribution >= 4 is 35.3 Å². The van der Waals surface area contributed by atoms with Crippen molar-refractivity contribution in [1.82, 2.24) is 10.2 Å². The molecule has 1 atom stereocenters. The highest BCUT2D eigenvalue weighted by molar-refractivity contribution is 8.00. The second-order valence-corrected chi connectivity index (χ2v) is 8.28. The molecule has 1 aromatic rings. The van der Waals surface area contributed by atoms with E-state index in [9.17, 15) is 14.4 Å². The third kappa shape index (κ3) is 4.54. The van der Waals surface area contributed by atoms with Crippen LogP contribution >= 0.6 is 11.8 Å². The highest BCUT2D eigenvalue weighted by Crippen LogP contribution is 2.21. The molecule has 0 saturated carbocycles. The Morgan fingerprint density at radius 2 is 2.00 bits per heavy atom. The van der Waals surface area contributed by atoms with Gasteiger partial charge in [-0.25, -0.2) is 4.79 Å². The number of aryl methyl sites for hydroxylation is 2. The molecule has 0 aliphatic carbocycles. The number of nitrogens with zero attached hydrogens (tertiary/aromatic N) is 1. The Hall–Kier alpha value is -2.02. The number of imide groups is 1. The largest absolute Gasteiger partial charge is 0.325 e. The summed E-state index contributed by atoms with van der Waals surface area (Å²) in [6, 6.07) is 5.55. The van der Waals surface area contributed by atoms with E-state index in [1.807, 2.05) is 39.0 Å². The summed E-state index contributed by atoms with van der Waals surface area (Å²) in [7, 11) is 0. The highest BCUT2D eigenvalue weighted by atomic mass is 32.2. The van der Waals surface area contributed by atoms with E-state index in [-0.39, 0.29) is 23.1 Å². The Morgan fingerprint density at radius 1 is 1.32 bits per heavy atom. The smallest absolute Gasteiger partial charge is 0.325 e. The fraction of sp³-hybridized carbons (Fsp3) is 0.500. The molecule has 1 aliphatic rings. The van der Waals surface area contributed by atoms with Gasteiger partial charge in [0, 0.05) is 18.0 Å². The summed E-state index contributed by atoms with van der Waals surface area (Å²) in [6.07, 6.45) is 0. The number of benzene rings is 1. The lowest BCUT2D eigenvalue weighted by Gasteiger charge is -2.17. The molecular weight excluding hydrogens is 338 g/mol. The van der Waals surface area contributed by atoms with Gasteiger partial charge in [0.25, 0.3) is 5.91 Å². The molecule has 4 amide bonds. The van der Waals surface area contributed by atoms with Gasteiger partial charge in [-0.1, -0.05) is 12.1 Å². The first-order chi connectivity index (χ1) is 11.6. The Kier molecular flexibility index (Phi) is 5.77. The van der Waals surface area contributed by atoms with Gasteiger partial charge in [-0.3, -0.25) is 14.5 Å². The third-order valence-electron chi connectivity index (χ3n) is 4.15. The van der Waals surface area contributed by atoms with Gasteiger partial charge >= 0.3 is 6.03 Å². The molecule has 2 rings (SSSR count). The number of anilines is 1. The first-order valence-corrected chi connectivity index (χ1v) is 9.30. The van der Waals surface area contributed by atoms with Crippen LogP contribution in [0.3, 0.4) is 0 Å². The summed E-state index contributed by atoms with van der Waals surface area (Å²) in [5.41, 5.74) is 2.06. The number of hydrogen-bond donors (Lipinski definition) is 2. The quantitative estimate of drug-likeness (QED) is 0.762. The molecule has 0 aromatic heterocycles. The minimum Gasteiger partial charge on any atom is -0.325 e. The Labute approximate surface area is 152 Å². The normalized spacial score (nSPS) is 17.4. The second-order valence-electron chi connectivity index (χ2n) is 6.83. The van der Waals surface area contributed by atoms with Gasteiger partial charge in [0.05, 0.1) is 5.25 Å². The van der Waals surface area contributed by atoms with E-state index in [0.717, 1.165) is 16.8 Å². The number of thioether (sulfide) groups is 1. The van der Waals surface area contributed by atoms with Gasteiger partial charge in [-0.2, -0.15) is 0 Å². The van der Waals surface area contributed by atoms with Crippen LogP contribution in [-0.2, 0) is 9.59 Å². The number of carbonyl (C=O) groups excluding carboxylic acids is 3. The van der Waals surface area contributed by atoms with Crippen LogP contribution in [0, 0.1) is 13.8 Å². The molecule has 1 heterocycles. The molecule has 0 spiro atoms. The molecule has 0 bridgehead atoms. The first-order valence-electron chi connectivity index (χ1n) is 8.25. The SMILES string of the molecule is Cc1ccc(C)c(NC(=O)C(C)SCCN2C(=O)NC(C)(C)C2=O)c1. The summed E-state index contributed by atoms with van der Waals surface area (Å²) < 4.78 is 0. The lowest BCUT2D eigenvalue weighted by Crippen LogP contribution is -2.40. The zero-order valence-corrected chi connectivity index (χ0v) is 16.1. The lowest BCUT2D eigenvalue weighted by molar-refractivity contribution is -0.130. The summed E-state index contributed by atoms with van der Waals surface area (Å²) in [4.78, 5) is 37.5. The molecule has 0 radical (unpaired) electrons. The van der Waals surface area contributed by atoms with Crippen LogP contribution in [0.25, 0.3) is 0 Å². The standard InChI is InChI=1S/C18H25N3O3S/c1-11-6-7-12(2)14(10-11)19-15(22)13(3)25-9-8-21-16(23)18(4,5)20-17(21)24/h6-7,10,13H,8-9H2,1-5H3,(H,19,22)(H,20,24). The zero-order valence-electron chi connectivity index (χ0n) is 15.3. The predicted octanol–water partition coefficient (Wildman–Crippen LogP) is 2.69. The van der Waals surface area contributed by atoms with Crippen LogP contribution in [0.2, 0.25) is 0 Å². The van der Waals surface area contributed by atoms with E-state index in [4.69, 9.17) is 0 Å². The number of urea groups is 1. The van der Waals surface area contributed by atoms with E-state index < -0.39 is 5.54 Å². The van der Waals surface area contributed by atoms with Crippen LogP contribution in [0.15, 0.2) is 18.2 Å². The van der Waals surface area contributed by atoms with Crippen molar-refractivity contribution in [3.05, 3.63) is 29.3 Å². The monoisotopic (exact) mass is 363 g/mol. The van der Waals surface area contributed by atoms with Crippen molar-refractivity contribution in [1.29, 1.82) is 0 Å². The topological polar surface area (TPSA) is 78.5 Å². The number of carbonyl (C=O) groups is 3. The molecule has 1 aliphatic heterocycles. The van der Waals surface area contributed by atoms with Crippen LogP contribution in [0.4, 0.5) is 10.5 Å². The van der Waals surface area contributed by atoms with Gasteiger partial charge in [-0.05, 0) is 51.8 Å². The number of rotatable bonds is 6. The highest BCUT2D eigenvalue weighted by Gasteiger charge is 2.43. The molecule has 25 heavy (non-hydrogen) atoms. The van der Waals surface area contributed by atoms with E-state index in [2.05, 4.69) is 10.6 Å². The molecular formula is C18H25N3O3S. The molecule has 1 saturated heterocycles. The van der Waals surface area contributed by atoms with E-state index in [1.54, 1.807) is 13.8 Å². The molecule has 2 N–H and O–H groups in total. The number of amides is 4. The van der Waals surface area contributed by atoms with Gasteiger partial charge < -0.3 is 10.6 Å². The first kappa shape index (κ1) is 19.3. The van der Waals surface area contributed by atoms with Crippen molar-refractivity contribution < 1.29 is 14.4 Å². The zero-order chi connectivity index (χ0) is 18.8. The lowest BCUT2D eigenvalue weighted by atomic mass is 10.1. The van der Waals surface area contributed by atoms with Crippen molar-refractivity contribution in [2.75, 3.05) is 17.6 Å². The van der Waals surface area contributed by atoms with Gasteiger partial charge in [-0.15, -0.1) is 11.8 Å². The summed E-state index contributed by atoms with van der Waals surface area (Å²) >= 11 is 1.42. The molecule has 136 valence electrons. The summed E-state index contributed by atoms with van der Waals surface area (Å²) in [5.74, 6) is 0.193. The van der Waals surface area contributed by atoms with E-state index in [0.29, 0.717) is 12.3 Å². The molecule has 1 aromatic carbocycles. The Balaban J connectivity index is 1.85. The van der Waals surface area contributed by atoms with E-state index >= 15 is 0 Å². The van der Waals surface area contributed by atoms with Gasteiger partial charge in [0.2, 0.25) is 5.91 Å². The van der Waals surface area contributed by atoms with E-state index in [1.165, 1.54) is 16.7 Å². The minimum atomic E-state index is -0.854. The third-order valence-corrected chi connectivity index (χ3v) is 5.28. The number of nitrogens with one attached hydrogen (secondary N) is 2. The van der Waals surface area contributed by atoms with Crippen molar-refractivity contribution in [3.63, 3.8) is 0 Å². The summed E-state index contributed by atoms with van der Waals surface area (Å²) in [6.45, 7) is 9.40. The predicted molar refractivity (Wildman–Crippen MR) is 101 cm³/mol. The minimum absolute atomic E-state index is 0.0868. The van der Waals surface area contributed by atoms with Crippen molar-refractivity contribution in [2.24, 2.45) is 0 Å². The Morgan fingerprint density at radius 3 is 2.60 bits per heavy atom. The molecule has 1 unspecified atom stereocenters. The fourth-order valence-electron chi connectivity index (χ4n) is 2.52. The molecule has 1 fully saturated rings. The second kappa shape index (κ2) is 7.47. The van der Waals surface area contributed by atoms with Crippen LogP contribution in [0.5, 0.6) is 0 Å². The van der Waals surface area contributed by atoms with Crippen LogP contribution < -0.4 is 10.6 Å². The van der Waals surface area contributed by atoms with Gasteiger partial charge in [0.1, 0.15) is 5.54 Å². The van der Waals surface area contributed by atoms with Crippen molar-refractivity contribution in [3.8, 4) is 0 Å². The number of hydrogen-bond acceptors (Lipinski definition) is 4. The average Bonchev–Trinajstić information content (AvgIpc) is 2.72. The molecule has 7 heteroatoms. The maximum Gasteiger partial charge on any atom is 0.325 e. The van der Waals surface area contributed by atoms with Crippen molar-refractivity contribution in [2.45, 2.75) is 45.4 Å². The average molecular weight is 363 g/mol.